The van der Waals surface area contributed by atoms with Crippen LogP contribution in [-0.2, 0) is 34.8 Å². The Morgan fingerprint density at radius 2 is 1.74 bits per heavy atom. The van der Waals surface area contributed by atoms with Gasteiger partial charge in [-0.05, 0) is 43.5 Å². The molecule has 0 radical (unpaired) electrons. The lowest BCUT2D eigenvalue weighted by molar-refractivity contribution is -0.157. The first-order chi connectivity index (χ1) is 15.9. The molecule has 2 fully saturated rings. The van der Waals surface area contributed by atoms with Crippen LogP contribution in [-0.4, -0.2) is 62.8 Å². The Bertz CT molecular complexity index is 896. The summed E-state index contributed by atoms with van der Waals surface area (Å²) in [6.07, 6.45) is 0.218. The van der Waals surface area contributed by atoms with E-state index < -0.39 is 32.2 Å². The number of hydrogen-bond donors (Lipinski definition) is 0. The van der Waals surface area contributed by atoms with Crippen molar-refractivity contribution in [3.05, 3.63) is 35.9 Å². The number of benzene rings is 1. The van der Waals surface area contributed by atoms with E-state index >= 15 is 0 Å². The number of fused-ring (bicyclic) bond motifs is 1. The minimum absolute atomic E-state index is 0.0475. The summed E-state index contributed by atoms with van der Waals surface area (Å²) >= 11 is 0. The predicted octanol–water partition coefficient (Wildman–Crippen LogP) is 3.96. The van der Waals surface area contributed by atoms with E-state index in [1.54, 1.807) is 6.92 Å². The van der Waals surface area contributed by atoms with Gasteiger partial charge in [0.05, 0.1) is 19.8 Å². The van der Waals surface area contributed by atoms with E-state index in [1.165, 1.54) is 7.11 Å². The van der Waals surface area contributed by atoms with Gasteiger partial charge in [-0.25, -0.2) is 0 Å². The largest absolute Gasteiger partial charge is 0.468 e. The second-order valence-electron chi connectivity index (χ2n) is 10.9. The Labute approximate surface area is 204 Å². The van der Waals surface area contributed by atoms with Crippen LogP contribution in [0.15, 0.2) is 30.3 Å². The van der Waals surface area contributed by atoms with Gasteiger partial charge in [0.15, 0.2) is 14.1 Å². The molecule has 2 aliphatic rings. The fourth-order valence-electron chi connectivity index (χ4n) is 4.97. The molecule has 3 rings (SSSR count). The van der Waals surface area contributed by atoms with Crippen LogP contribution < -0.4 is 0 Å². The molecule has 0 aromatic heterocycles. The van der Waals surface area contributed by atoms with Gasteiger partial charge in [0, 0.05) is 18.5 Å². The summed E-state index contributed by atoms with van der Waals surface area (Å²) in [7, 11) is -0.932. The van der Waals surface area contributed by atoms with Gasteiger partial charge in [-0.15, -0.1) is 0 Å². The Hall–Kier alpha value is -2.03. The van der Waals surface area contributed by atoms with Crippen molar-refractivity contribution in [3.63, 3.8) is 0 Å². The maximum atomic E-state index is 13.5. The minimum atomic E-state index is -2.24. The first-order valence-corrected chi connectivity index (χ1v) is 15.1. The number of ether oxygens (including phenoxy) is 2. The Kier molecular flexibility index (Phi) is 8.05. The van der Waals surface area contributed by atoms with Crippen LogP contribution in [0.4, 0.5) is 0 Å². The third-order valence-corrected chi connectivity index (χ3v) is 12.2. The van der Waals surface area contributed by atoms with E-state index in [2.05, 4.69) is 38.8 Å². The van der Waals surface area contributed by atoms with Crippen molar-refractivity contribution in [2.45, 2.75) is 83.4 Å². The molecule has 0 amide bonds. The number of Topliss-reactive ketones (excluding diaryl/α,β-unsaturated/α-hetero) is 1. The Morgan fingerprint density at radius 1 is 1.09 bits per heavy atom. The number of likely N-dealkylation sites (tertiary alicyclic amines) is 1. The summed E-state index contributed by atoms with van der Waals surface area (Å²) < 4.78 is 17.3. The summed E-state index contributed by atoms with van der Waals surface area (Å²) in [4.78, 5) is 41.2. The van der Waals surface area contributed by atoms with Gasteiger partial charge in [0.2, 0.25) is 0 Å². The summed E-state index contributed by atoms with van der Waals surface area (Å²) in [6.45, 7) is 13.4. The summed E-state index contributed by atoms with van der Waals surface area (Å²) in [5.74, 6) is -2.38. The highest BCUT2D eigenvalue weighted by molar-refractivity contribution is 6.74. The van der Waals surface area contributed by atoms with Crippen LogP contribution in [0.2, 0.25) is 18.1 Å². The number of esters is 2. The Morgan fingerprint density at radius 3 is 2.29 bits per heavy atom. The third-order valence-electron chi connectivity index (χ3n) is 7.74. The summed E-state index contributed by atoms with van der Waals surface area (Å²) in [6, 6.07) is 9.03. The van der Waals surface area contributed by atoms with Gasteiger partial charge >= 0.3 is 11.9 Å². The highest BCUT2D eigenvalue weighted by atomic mass is 28.4. The number of rotatable bonds is 7. The number of methoxy groups -OCH3 is 1. The minimum Gasteiger partial charge on any atom is -0.468 e. The number of carbonyl (C=O) groups excluding carboxylic acids is 3. The summed E-state index contributed by atoms with van der Waals surface area (Å²) in [5.41, 5.74) is 1.05. The monoisotopic (exact) mass is 489 g/mol. The Balaban J connectivity index is 2.04. The second kappa shape index (κ2) is 10.3. The van der Waals surface area contributed by atoms with Crippen molar-refractivity contribution in [3.8, 4) is 0 Å². The molecule has 0 bridgehead atoms. The van der Waals surface area contributed by atoms with Crippen LogP contribution in [0.3, 0.4) is 0 Å². The smallest absolute Gasteiger partial charge is 0.323 e. The second-order valence-corrected chi connectivity index (χ2v) is 15.6. The quantitative estimate of drug-likeness (QED) is 0.326. The molecule has 1 aromatic carbocycles. The predicted molar refractivity (Wildman–Crippen MR) is 132 cm³/mol. The van der Waals surface area contributed by atoms with Gasteiger partial charge in [-0.2, -0.15) is 0 Å². The van der Waals surface area contributed by atoms with E-state index in [9.17, 15) is 14.4 Å². The van der Waals surface area contributed by atoms with Crippen molar-refractivity contribution in [1.29, 1.82) is 0 Å². The molecule has 5 atom stereocenters. The summed E-state index contributed by atoms with van der Waals surface area (Å²) in [5, 5.41) is -0.0475. The van der Waals surface area contributed by atoms with Crippen molar-refractivity contribution in [1.82, 2.24) is 4.90 Å². The third kappa shape index (κ3) is 5.29. The molecule has 0 N–H and O–H groups in total. The zero-order valence-electron chi connectivity index (χ0n) is 21.5. The van der Waals surface area contributed by atoms with Crippen molar-refractivity contribution in [2.24, 2.45) is 11.8 Å². The standard InChI is InChI=1S/C26H39NO6Si/c1-8-32-25(30)20-14-18-22(27(20)16-17-12-10-9-11-13-17)21(33-34(6,7)26(2,3)4)15-19(23(18)28)24(29)31-5/h9-13,18-22H,8,14-16H2,1-7H3/t18-,19-,20+,21+,22+/m1/s1. The lowest BCUT2D eigenvalue weighted by Gasteiger charge is -2.46. The molecule has 1 saturated carbocycles. The average Bonchev–Trinajstić information content (AvgIpc) is 3.15. The first kappa shape index (κ1) is 26.6. The molecular formula is C26H39NO6Si. The van der Waals surface area contributed by atoms with Crippen molar-refractivity contribution in [2.75, 3.05) is 13.7 Å². The molecule has 8 heteroatoms. The average molecular weight is 490 g/mol. The van der Waals surface area contributed by atoms with E-state index in [0.29, 0.717) is 13.0 Å². The fourth-order valence-corrected chi connectivity index (χ4v) is 6.31. The first-order valence-electron chi connectivity index (χ1n) is 12.2. The van der Waals surface area contributed by atoms with Crippen LogP contribution in [0.25, 0.3) is 0 Å². The molecule has 1 saturated heterocycles. The molecule has 0 unspecified atom stereocenters. The van der Waals surface area contributed by atoms with E-state index in [0.717, 1.165) is 5.56 Å². The van der Waals surface area contributed by atoms with Crippen molar-refractivity contribution < 1.29 is 28.3 Å². The van der Waals surface area contributed by atoms with Gasteiger partial charge in [-0.3, -0.25) is 19.3 Å². The molecule has 1 aromatic rings. The van der Waals surface area contributed by atoms with Crippen LogP contribution in [0.1, 0.15) is 46.1 Å². The highest BCUT2D eigenvalue weighted by Gasteiger charge is 2.58. The van der Waals surface area contributed by atoms with Crippen LogP contribution >= 0.6 is 0 Å². The maximum Gasteiger partial charge on any atom is 0.323 e. The van der Waals surface area contributed by atoms with Crippen molar-refractivity contribution >= 4 is 26.0 Å². The molecule has 0 spiro atoms. The van der Waals surface area contributed by atoms with E-state index in [-0.39, 0.29) is 42.0 Å². The molecule has 1 aliphatic carbocycles. The normalized spacial score (nSPS) is 27.9. The van der Waals surface area contributed by atoms with Crippen LogP contribution in [0, 0.1) is 11.8 Å². The number of carbonyl (C=O) groups is 3. The fraction of sp³-hybridized carbons (Fsp3) is 0.654. The molecule has 1 heterocycles. The van der Waals surface area contributed by atoms with Gasteiger partial charge < -0.3 is 13.9 Å². The van der Waals surface area contributed by atoms with Gasteiger partial charge in [0.25, 0.3) is 0 Å². The molecular weight excluding hydrogens is 450 g/mol. The van der Waals surface area contributed by atoms with Crippen LogP contribution in [0.5, 0.6) is 0 Å². The number of nitrogens with zero attached hydrogens (tertiary/aromatic N) is 1. The molecule has 34 heavy (non-hydrogen) atoms. The van der Waals surface area contributed by atoms with E-state index in [1.807, 2.05) is 30.3 Å². The lowest BCUT2D eigenvalue weighted by Crippen LogP contribution is -2.58. The highest BCUT2D eigenvalue weighted by Crippen LogP contribution is 2.46. The SMILES string of the molecule is CCOC(=O)[C@@H]1C[C@H]2C(=O)[C@H](C(=O)OC)C[C@H](O[Si](C)(C)C(C)(C)C)[C@H]2N1Cc1ccccc1. The zero-order valence-corrected chi connectivity index (χ0v) is 22.5. The molecule has 7 nitrogen and oxygen atoms in total. The number of ketones is 1. The van der Waals surface area contributed by atoms with Gasteiger partial charge in [0.1, 0.15) is 12.0 Å². The number of hydrogen-bond acceptors (Lipinski definition) is 7. The molecule has 1 aliphatic heterocycles. The maximum absolute atomic E-state index is 13.5. The van der Waals surface area contributed by atoms with E-state index in [4.69, 9.17) is 13.9 Å². The topological polar surface area (TPSA) is 82.1 Å². The zero-order chi connectivity index (χ0) is 25.3. The lowest BCUT2D eigenvalue weighted by atomic mass is 9.75. The molecule has 188 valence electrons. The van der Waals surface area contributed by atoms with Gasteiger partial charge in [-0.1, -0.05) is 51.1 Å².